The van der Waals surface area contributed by atoms with E-state index >= 15 is 0 Å². The summed E-state index contributed by atoms with van der Waals surface area (Å²) in [4.78, 5) is 22.9. The topological polar surface area (TPSA) is 67.4 Å². The second kappa shape index (κ2) is 4.72. The van der Waals surface area contributed by atoms with Crippen LogP contribution in [0.15, 0.2) is 0 Å². The van der Waals surface area contributed by atoms with Crippen LogP contribution in [0.3, 0.4) is 0 Å². The molecule has 0 spiro atoms. The second-order valence-corrected chi connectivity index (χ2v) is 5.15. The number of hydrogen-bond donors (Lipinski definition) is 2. The van der Waals surface area contributed by atoms with Gasteiger partial charge in [-0.15, -0.1) is 0 Å². The van der Waals surface area contributed by atoms with Crippen molar-refractivity contribution >= 4 is 12.0 Å². The van der Waals surface area contributed by atoms with Gasteiger partial charge in [0.05, 0.1) is 0 Å². The first-order chi connectivity index (χ1) is 7.28. The molecular weight excluding hydrogens is 208 g/mol. The average Bonchev–Trinajstić information content (AvgIpc) is 2.83. The molecule has 0 heterocycles. The van der Waals surface area contributed by atoms with E-state index in [2.05, 4.69) is 10.6 Å². The maximum atomic E-state index is 11.5. The van der Waals surface area contributed by atoms with Crippen molar-refractivity contribution in [3.05, 3.63) is 0 Å². The van der Waals surface area contributed by atoms with Crippen LogP contribution in [-0.4, -0.2) is 29.7 Å². The number of rotatable bonds is 3. The molecule has 16 heavy (non-hydrogen) atoms. The Hall–Kier alpha value is -1.26. The van der Waals surface area contributed by atoms with E-state index in [0.29, 0.717) is 6.04 Å². The molecule has 5 nitrogen and oxygen atoms in total. The number of amides is 2. The third kappa shape index (κ3) is 5.00. The Bertz CT molecular complexity index is 279. The minimum absolute atomic E-state index is 0.159. The van der Waals surface area contributed by atoms with Crippen LogP contribution < -0.4 is 10.6 Å². The van der Waals surface area contributed by atoms with Gasteiger partial charge >= 0.3 is 6.09 Å². The highest BCUT2D eigenvalue weighted by atomic mass is 16.6. The lowest BCUT2D eigenvalue weighted by molar-refractivity contribution is -0.122. The lowest BCUT2D eigenvalue weighted by Crippen LogP contribution is -2.47. The molecule has 0 aromatic heterocycles. The molecule has 1 saturated carbocycles. The largest absolute Gasteiger partial charge is 0.444 e. The normalized spacial score (nSPS) is 17.5. The number of carbonyl (C=O) groups excluding carboxylic acids is 2. The highest BCUT2D eigenvalue weighted by Crippen LogP contribution is 2.18. The molecule has 0 unspecified atom stereocenters. The summed E-state index contributed by atoms with van der Waals surface area (Å²) in [6.07, 6.45) is 1.50. The zero-order valence-corrected chi connectivity index (χ0v) is 10.3. The minimum atomic E-state index is -0.564. The number of hydrogen-bond acceptors (Lipinski definition) is 3. The van der Waals surface area contributed by atoms with Gasteiger partial charge in [0.25, 0.3) is 0 Å². The summed E-state index contributed by atoms with van der Waals surface area (Å²) in [6.45, 7) is 6.98. The van der Waals surface area contributed by atoms with Gasteiger partial charge in [-0.25, -0.2) is 4.79 Å². The van der Waals surface area contributed by atoms with Gasteiger partial charge in [-0.3, -0.25) is 4.79 Å². The van der Waals surface area contributed by atoms with E-state index < -0.39 is 17.7 Å². The Morgan fingerprint density at radius 1 is 1.31 bits per heavy atom. The first kappa shape index (κ1) is 12.8. The Kier molecular flexibility index (Phi) is 3.78. The molecule has 2 N–H and O–H groups in total. The molecule has 0 radical (unpaired) electrons. The molecule has 0 saturated heterocycles. The average molecular weight is 228 g/mol. The number of carbonyl (C=O) groups is 2. The van der Waals surface area contributed by atoms with Crippen LogP contribution in [-0.2, 0) is 9.53 Å². The van der Waals surface area contributed by atoms with Crippen LogP contribution in [0.25, 0.3) is 0 Å². The standard InChI is InChI=1S/C11H20N2O3/c1-7(9(14)13-8-5-6-8)12-10(15)16-11(2,3)4/h7-8H,5-6H2,1-4H3,(H,12,15)(H,13,14)/t7-/m0/s1. The fourth-order valence-corrected chi connectivity index (χ4v) is 1.10. The van der Waals surface area contributed by atoms with Crippen molar-refractivity contribution in [2.45, 2.75) is 58.2 Å². The molecule has 0 bridgehead atoms. The molecule has 1 rings (SSSR count). The smallest absolute Gasteiger partial charge is 0.408 e. The molecule has 1 aliphatic rings. The van der Waals surface area contributed by atoms with Crippen molar-refractivity contribution < 1.29 is 14.3 Å². The van der Waals surface area contributed by atoms with Crippen LogP contribution in [0, 0.1) is 0 Å². The van der Waals surface area contributed by atoms with Gasteiger partial charge in [0.1, 0.15) is 11.6 Å². The SMILES string of the molecule is C[C@H](NC(=O)OC(C)(C)C)C(=O)NC1CC1. The summed E-state index contributed by atoms with van der Waals surface area (Å²) in [5, 5.41) is 5.31. The molecule has 5 heteroatoms. The van der Waals surface area contributed by atoms with E-state index in [0.717, 1.165) is 12.8 Å². The molecular formula is C11H20N2O3. The summed E-state index contributed by atoms with van der Waals surface area (Å²) in [7, 11) is 0. The van der Waals surface area contributed by atoms with E-state index in [9.17, 15) is 9.59 Å². The first-order valence-corrected chi connectivity index (χ1v) is 5.58. The van der Waals surface area contributed by atoms with Crippen LogP contribution >= 0.6 is 0 Å². The van der Waals surface area contributed by atoms with Crippen molar-refractivity contribution in [3.63, 3.8) is 0 Å². The van der Waals surface area contributed by atoms with Crippen molar-refractivity contribution in [3.8, 4) is 0 Å². The molecule has 92 valence electrons. The summed E-state index contributed by atoms with van der Waals surface area (Å²) in [5.74, 6) is -0.159. The van der Waals surface area contributed by atoms with Crippen molar-refractivity contribution in [1.82, 2.24) is 10.6 Å². The number of nitrogens with one attached hydrogen (secondary N) is 2. The maximum absolute atomic E-state index is 11.5. The minimum Gasteiger partial charge on any atom is -0.444 e. The maximum Gasteiger partial charge on any atom is 0.408 e. The van der Waals surface area contributed by atoms with Gasteiger partial charge in [-0.1, -0.05) is 0 Å². The zero-order valence-electron chi connectivity index (χ0n) is 10.3. The number of alkyl carbamates (subject to hydrolysis) is 1. The van der Waals surface area contributed by atoms with Gasteiger partial charge in [0.2, 0.25) is 5.91 Å². The Morgan fingerprint density at radius 3 is 2.31 bits per heavy atom. The second-order valence-electron chi connectivity index (χ2n) is 5.15. The summed E-state index contributed by atoms with van der Waals surface area (Å²) >= 11 is 0. The van der Waals surface area contributed by atoms with Crippen LogP contribution in [0.5, 0.6) is 0 Å². The van der Waals surface area contributed by atoms with Crippen LogP contribution in [0.2, 0.25) is 0 Å². The van der Waals surface area contributed by atoms with E-state index in [1.54, 1.807) is 27.7 Å². The predicted octanol–water partition coefficient (Wildman–Crippen LogP) is 1.18. The molecule has 0 aliphatic heterocycles. The predicted molar refractivity (Wildman–Crippen MR) is 60.0 cm³/mol. The molecule has 1 fully saturated rings. The monoisotopic (exact) mass is 228 g/mol. The summed E-state index contributed by atoms with van der Waals surface area (Å²) in [5.41, 5.74) is -0.545. The Balaban J connectivity index is 2.29. The van der Waals surface area contributed by atoms with Crippen molar-refractivity contribution in [1.29, 1.82) is 0 Å². The van der Waals surface area contributed by atoms with Gasteiger partial charge in [0.15, 0.2) is 0 Å². The summed E-state index contributed by atoms with van der Waals surface area (Å²) < 4.78 is 5.05. The fourth-order valence-electron chi connectivity index (χ4n) is 1.10. The van der Waals surface area contributed by atoms with E-state index in [1.807, 2.05) is 0 Å². The van der Waals surface area contributed by atoms with Crippen molar-refractivity contribution in [2.75, 3.05) is 0 Å². The molecule has 0 aromatic rings. The Labute approximate surface area is 95.9 Å². The first-order valence-electron chi connectivity index (χ1n) is 5.58. The number of ether oxygens (including phenoxy) is 1. The van der Waals surface area contributed by atoms with Gasteiger partial charge in [0, 0.05) is 6.04 Å². The van der Waals surface area contributed by atoms with Crippen molar-refractivity contribution in [2.24, 2.45) is 0 Å². The van der Waals surface area contributed by atoms with Gasteiger partial charge < -0.3 is 15.4 Å². The highest BCUT2D eigenvalue weighted by molar-refractivity contribution is 5.85. The van der Waals surface area contributed by atoms with Crippen LogP contribution in [0.1, 0.15) is 40.5 Å². The highest BCUT2D eigenvalue weighted by Gasteiger charge is 2.27. The molecule has 2 amide bonds. The Morgan fingerprint density at radius 2 is 1.88 bits per heavy atom. The quantitative estimate of drug-likeness (QED) is 0.762. The lowest BCUT2D eigenvalue weighted by Gasteiger charge is -2.21. The fraction of sp³-hybridized carbons (Fsp3) is 0.818. The molecule has 1 atom stereocenters. The third-order valence-corrected chi connectivity index (χ3v) is 2.05. The third-order valence-electron chi connectivity index (χ3n) is 2.05. The molecule has 0 aromatic carbocycles. The van der Waals surface area contributed by atoms with E-state index in [1.165, 1.54) is 0 Å². The van der Waals surface area contributed by atoms with E-state index in [4.69, 9.17) is 4.74 Å². The lowest BCUT2D eigenvalue weighted by atomic mass is 10.2. The summed E-state index contributed by atoms with van der Waals surface area (Å²) in [6, 6.07) is -0.258. The molecule has 1 aliphatic carbocycles. The van der Waals surface area contributed by atoms with E-state index in [-0.39, 0.29) is 5.91 Å². The zero-order chi connectivity index (χ0) is 12.3. The van der Waals surface area contributed by atoms with Gasteiger partial charge in [-0.05, 0) is 40.5 Å². The van der Waals surface area contributed by atoms with Crippen LogP contribution in [0.4, 0.5) is 4.79 Å². The van der Waals surface area contributed by atoms with Gasteiger partial charge in [-0.2, -0.15) is 0 Å².